The molecular formula is C4H7N5O2. The molecule has 0 saturated carbocycles. The molecule has 0 aliphatic carbocycles. The van der Waals surface area contributed by atoms with Gasteiger partial charge in [-0.2, -0.15) is 4.98 Å². The van der Waals surface area contributed by atoms with Crippen molar-refractivity contribution in [2.75, 3.05) is 0 Å². The van der Waals surface area contributed by atoms with Crippen LogP contribution in [0.4, 0.5) is 4.79 Å². The highest BCUT2D eigenvalue weighted by atomic mass is 16.5. The van der Waals surface area contributed by atoms with Gasteiger partial charge in [-0.25, -0.2) is 10.6 Å². The van der Waals surface area contributed by atoms with Crippen LogP contribution in [-0.4, -0.2) is 16.2 Å². The summed E-state index contributed by atoms with van der Waals surface area (Å²) in [6, 6.07) is -0.491. The molecule has 1 rings (SSSR count). The first-order valence-corrected chi connectivity index (χ1v) is 2.82. The van der Waals surface area contributed by atoms with Gasteiger partial charge in [-0.15, -0.1) is 0 Å². The average Bonchev–Trinajstić information content (AvgIpc) is 2.52. The number of nitrogens with zero attached hydrogens (tertiary/aromatic N) is 2. The number of hydrazine groups is 1. The van der Waals surface area contributed by atoms with Crippen LogP contribution in [0.25, 0.3) is 0 Å². The number of rotatable bonds is 2. The number of nitrogens with one attached hydrogen (secondary N) is 2. The van der Waals surface area contributed by atoms with Crippen molar-refractivity contribution in [1.29, 1.82) is 0 Å². The van der Waals surface area contributed by atoms with E-state index in [9.17, 15) is 4.79 Å². The van der Waals surface area contributed by atoms with Crippen molar-refractivity contribution in [2.24, 2.45) is 5.84 Å². The molecule has 7 heteroatoms. The SMILES string of the molecule is NNC(=O)NCc1ncon1. The zero-order chi connectivity index (χ0) is 8.10. The molecule has 11 heavy (non-hydrogen) atoms. The molecule has 0 atom stereocenters. The molecule has 0 fully saturated rings. The minimum atomic E-state index is -0.491. The van der Waals surface area contributed by atoms with Gasteiger partial charge in [-0.1, -0.05) is 5.16 Å². The standard InChI is InChI=1S/C4H7N5O2/c5-8-4(10)6-1-3-7-2-11-9-3/h2H,1,5H2,(H2,6,8,10). The van der Waals surface area contributed by atoms with Crippen LogP contribution in [0.1, 0.15) is 5.82 Å². The minimum Gasteiger partial charge on any atom is -0.343 e. The fraction of sp³-hybridized carbons (Fsp3) is 0.250. The van der Waals surface area contributed by atoms with E-state index in [4.69, 9.17) is 5.84 Å². The van der Waals surface area contributed by atoms with Gasteiger partial charge in [-0.3, -0.25) is 5.43 Å². The second-order valence-corrected chi connectivity index (χ2v) is 1.67. The predicted octanol–water partition coefficient (Wildman–Crippen LogP) is -1.26. The summed E-state index contributed by atoms with van der Waals surface area (Å²) < 4.78 is 4.42. The number of aromatic nitrogens is 2. The summed E-state index contributed by atoms with van der Waals surface area (Å²) in [5.41, 5.74) is 1.89. The maximum atomic E-state index is 10.5. The lowest BCUT2D eigenvalue weighted by atomic mass is 10.6. The van der Waals surface area contributed by atoms with Crippen LogP contribution in [0.5, 0.6) is 0 Å². The largest absolute Gasteiger partial charge is 0.343 e. The molecule has 7 nitrogen and oxygen atoms in total. The second-order valence-electron chi connectivity index (χ2n) is 1.67. The molecule has 1 heterocycles. The smallest absolute Gasteiger partial charge is 0.329 e. The Labute approximate surface area is 61.9 Å². The minimum absolute atomic E-state index is 0.194. The van der Waals surface area contributed by atoms with Gasteiger partial charge in [0.25, 0.3) is 0 Å². The highest BCUT2D eigenvalue weighted by molar-refractivity contribution is 5.72. The lowest BCUT2D eigenvalue weighted by Gasteiger charge is -1.98. The maximum absolute atomic E-state index is 10.5. The van der Waals surface area contributed by atoms with Crippen LogP contribution in [-0.2, 0) is 6.54 Å². The Bertz CT molecular complexity index is 220. The van der Waals surface area contributed by atoms with E-state index in [1.54, 1.807) is 0 Å². The van der Waals surface area contributed by atoms with Crippen molar-refractivity contribution in [3.8, 4) is 0 Å². The average molecular weight is 157 g/mol. The van der Waals surface area contributed by atoms with Crippen LogP contribution < -0.4 is 16.6 Å². The third kappa shape index (κ3) is 2.22. The van der Waals surface area contributed by atoms with E-state index in [0.29, 0.717) is 5.82 Å². The Balaban J connectivity index is 2.29. The summed E-state index contributed by atoms with van der Waals surface area (Å²) in [4.78, 5) is 14.1. The molecule has 60 valence electrons. The Morgan fingerprint density at radius 3 is 3.18 bits per heavy atom. The fourth-order valence-electron chi connectivity index (χ4n) is 0.481. The molecule has 0 unspecified atom stereocenters. The van der Waals surface area contributed by atoms with E-state index in [-0.39, 0.29) is 6.54 Å². The maximum Gasteiger partial charge on any atom is 0.329 e. The van der Waals surface area contributed by atoms with Gasteiger partial charge in [0.05, 0.1) is 6.54 Å². The van der Waals surface area contributed by atoms with Crippen molar-refractivity contribution >= 4 is 6.03 Å². The number of carbonyl (C=O) groups is 1. The first-order chi connectivity index (χ1) is 5.33. The molecule has 0 bridgehead atoms. The lowest BCUT2D eigenvalue weighted by Crippen LogP contribution is -2.39. The zero-order valence-electron chi connectivity index (χ0n) is 5.57. The number of amides is 2. The van der Waals surface area contributed by atoms with Crippen molar-refractivity contribution in [3.63, 3.8) is 0 Å². The Morgan fingerprint density at radius 1 is 1.82 bits per heavy atom. The van der Waals surface area contributed by atoms with Crippen molar-refractivity contribution in [1.82, 2.24) is 20.9 Å². The van der Waals surface area contributed by atoms with E-state index in [1.165, 1.54) is 6.39 Å². The molecule has 0 aliphatic heterocycles. The topological polar surface area (TPSA) is 106 Å². The van der Waals surface area contributed by atoms with Gasteiger partial charge in [0.1, 0.15) is 0 Å². The number of hydrogen-bond donors (Lipinski definition) is 3. The van der Waals surface area contributed by atoms with Crippen molar-refractivity contribution in [2.45, 2.75) is 6.54 Å². The molecule has 0 aliphatic rings. The monoisotopic (exact) mass is 157 g/mol. The first-order valence-electron chi connectivity index (χ1n) is 2.82. The van der Waals surface area contributed by atoms with Crippen LogP contribution >= 0.6 is 0 Å². The summed E-state index contributed by atoms with van der Waals surface area (Å²) in [6.07, 6.45) is 1.18. The summed E-state index contributed by atoms with van der Waals surface area (Å²) >= 11 is 0. The van der Waals surface area contributed by atoms with Gasteiger partial charge in [0, 0.05) is 0 Å². The van der Waals surface area contributed by atoms with Gasteiger partial charge in [-0.05, 0) is 0 Å². The Hall–Kier alpha value is -1.63. The van der Waals surface area contributed by atoms with E-state index in [0.717, 1.165) is 0 Å². The van der Waals surface area contributed by atoms with Crippen LogP contribution in [0.3, 0.4) is 0 Å². The third-order valence-corrected chi connectivity index (χ3v) is 0.945. The summed E-state index contributed by atoms with van der Waals surface area (Å²) in [6.45, 7) is 0.194. The second kappa shape index (κ2) is 3.52. The molecule has 0 saturated heterocycles. The van der Waals surface area contributed by atoms with Gasteiger partial charge in [0.2, 0.25) is 6.39 Å². The Kier molecular flexibility index (Phi) is 2.39. The normalized spacial score (nSPS) is 9.18. The number of hydrogen-bond acceptors (Lipinski definition) is 5. The van der Waals surface area contributed by atoms with E-state index < -0.39 is 6.03 Å². The molecule has 4 N–H and O–H groups in total. The zero-order valence-corrected chi connectivity index (χ0v) is 5.57. The summed E-state index contributed by atoms with van der Waals surface area (Å²) in [5.74, 6) is 5.18. The van der Waals surface area contributed by atoms with Crippen molar-refractivity contribution < 1.29 is 9.32 Å². The molecule has 0 aromatic carbocycles. The third-order valence-electron chi connectivity index (χ3n) is 0.945. The highest BCUT2D eigenvalue weighted by Crippen LogP contribution is 1.85. The van der Waals surface area contributed by atoms with Crippen molar-refractivity contribution in [3.05, 3.63) is 12.2 Å². The van der Waals surface area contributed by atoms with Crippen LogP contribution in [0.15, 0.2) is 10.9 Å². The lowest BCUT2D eigenvalue weighted by molar-refractivity contribution is 0.240. The van der Waals surface area contributed by atoms with E-state index in [2.05, 4.69) is 20.0 Å². The molecule has 0 spiro atoms. The number of nitrogens with two attached hydrogens (primary N) is 1. The molecule has 1 aromatic heterocycles. The molecular weight excluding hydrogens is 150 g/mol. The number of carbonyl (C=O) groups excluding carboxylic acids is 1. The predicted molar refractivity (Wildman–Crippen MR) is 33.9 cm³/mol. The van der Waals surface area contributed by atoms with E-state index in [1.807, 2.05) is 5.43 Å². The Morgan fingerprint density at radius 2 is 2.64 bits per heavy atom. The fourth-order valence-corrected chi connectivity index (χ4v) is 0.481. The van der Waals surface area contributed by atoms with Gasteiger partial charge >= 0.3 is 6.03 Å². The summed E-state index contributed by atoms with van der Waals surface area (Å²) in [7, 11) is 0. The molecule has 2 amide bonds. The summed E-state index contributed by atoms with van der Waals surface area (Å²) in [5, 5.41) is 5.83. The first kappa shape index (κ1) is 7.48. The van der Waals surface area contributed by atoms with Crippen LogP contribution in [0.2, 0.25) is 0 Å². The number of urea groups is 1. The molecule has 1 aromatic rings. The van der Waals surface area contributed by atoms with Crippen LogP contribution in [0, 0.1) is 0 Å². The van der Waals surface area contributed by atoms with Gasteiger partial charge in [0.15, 0.2) is 5.82 Å². The highest BCUT2D eigenvalue weighted by Gasteiger charge is 1.99. The quantitative estimate of drug-likeness (QED) is 0.282. The molecule has 0 radical (unpaired) electrons. The van der Waals surface area contributed by atoms with E-state index >= 15 is 0 Å². The van der Waals surface area contributed by atoms with Gasteiger partial charge < -0.3 is 9.84 Å².